The van der Waals surface area contributed by atoms with Gasteiger partial charge in [0.1, 0.15) is 0 Å². The van der Waals surface area contributed by atoms with Crippen LogP contribution in [0.2, 0.25) is 0 Å². The summed E-state index contributed by atoms with van der Waals surface area (Å²) in [5.41, 5.74) is 1.06. The molecule has 1 aliphatic rings. The molecule has 3 aromatic carbocycles. The van der Waals surface area contributed by atoms with Gasteiger partial charge in [0.25, 0.3) is 5.69 Å². The minimum atomic E-state index is -3.94. The summed E-state index contributed by atoms with van der Waals surface area (Å²) >= 11 is 3.32. The number of esters is 1. The summed E-state index contributed by atoms with van der Waals surface area (Å²) in [5.74, 6) is -0.683. The summed E-state index contributed by atoms with van der Waals surface area (Å²) < 4.78 is 34.7. The number of carbonyl (C=O) groups is 1. The fraction of sp³-hybridized carbons (Fsp3) is 0.208. The molecule has 1 saturated heterocycles. The molecule has 0 bridgehead atoms. The second-order valence-electron chi connectivity index (χ2n) is 7.96. The number of hydrogen-bond acceptors (Lipinski definition) is 6. The predicted molar refractivity (Wildman–Crippen MR) is 129 cm³/mol. The Bertz CT molecular complexity index is 1280. The summed E-state index contributed by atoms with van der Waals surface area (Å²) in [7, 11) is -3.94. The number of halogens is 1. The first-order valence-corrected chi connectivity index (χ1v) is 12.7. The van der Waals surface area contributed by atoms with Gasteiger partial charge in [-0.1, -0.05) is 46.3 Å². The largest absolute Gasteiger partial charge is 0.462 e. The molecule has 4 rings (SSSR count). The van der Waals surface area contributed by atoms with E-state index in [0.29, 0.717) is 12.0 Å². The lowest BCUT2D eigenvalue weighted by molar-refractivity contribution is -0.384. The van der Waals surface area contributed by atoms with Crippen LogP contribution in [0.15, 0.2) is 88.2 Å². The van der Waals surface area contributed by atoms with Gasteiger partial charge in [0.2, 0.25) is 10.0 Å². The van der Waals surface area contributed by atoms with Crippen LogP contribution in [0.25, 0.3) is 0 Å². The van der Waals surface area contributed by atoms with Crippen molar-refractivity contribution < 1.29 is 22.9 Å². The molecule has 0 radical (unpaired) electrons. The van der Waals surface area contributed by atoms with Crippen LogP contribution in [0.1, 0.15) is 28.4 Å². The van der Waals surface area contributed by atoms with E-state index in [9.17, 15) is 23.3 Å². The number of nitrogens with zero attached hydrogens (tertiary/aromatic N) is 2. The van der Waals surface area contributed by atoms with Crippen LogP contribution in [-0.2, 0) is 14.8 Å². The first-order valence-electron chi connectivity index (χ1n) is 10.5. The van der Waals surface area contributed by atoms with E-state index in [2.05, 4.69) is 15.9 Å². The maximum atomic E-state index is 13.5. The van der Waals surface area contributed by atoms with E-state index in [1.54, 1.807) is 24.3 Å². The number of ether oxygens (including phenoxy) is 1. The second kappa shape index (κ2) is 10.0. The molecular weight excluding hydrogens is 524 g/mol. The molecule has 0 amide bonds. The molecule has 1 heterocycles. The SMILES string of the molecule is O=C(OC[C@@H]1C[C@H](c2ccccc2)N(S(=O)(=O)c2ccc([N+](=O)[O-])cc2)C1)c1ccc(Br)cc1. The third kappa shape index (κ3) is 5.19. The Hall–Kier alpha value is -3.08. The molecule has 10 heteroatoms. The van der Waals surface area contributed by atoms with E-state index >= 15 is 0 Å². The normalized spacial score (nSPS) is 18.5. The van der Waals surface area contributed by atoms with Crippen molar-refractivity contribution in [1.29, 1.82) is 0 Å². The molecule has 0 unspecified atom stereocenters. The van der Waals surface area contributed by atoms with Gasteiger partial charge >= 0.3 is 5.97 Å². The van der Waals surface area contributed by atoms with Crippen molar-refractivity contribution >= 4 is 37.6 Å². The third-order valence-corrected chi connectivity index (χ3v) is 8.13. The molecule has 2 atom stereocenters. The van der Waals surface area contributed by atoms with Crippen molar-refractivity contribution in [3.63, 3.8) is 0 Å². The quantitative estimate of drug-likeness (QED) is 0.236. The summed E-state index contributed by atoms with van der Waals surface area (Å²) in [5, 5.41) is 10.9. The Morgan fingerprint density at radius 2 is 1.68 bits per heavy atom. The van der Waals surface area contributed by atoms with Gasteiger partial charge in [0, 0.05) is 29.1 Å². The monoisotopic (exact) mass is 544 g/mol. The molecule has 0 aliphatic carbocycles. The lowest BCUT2D eigenvalue weighted by atomic mass is 10.0. The number of non-ortho nitro benzene ring substituents is 1. The summed E-state index contributed by atoms with van der Waals surface area (Å²) in [4.78, 5) is 22.8. The number of carbonyl (C=O) groups excluding carboxylic acids is 1. The maximum Gasteiger partial charge on any atom is 0.338 e. The van der Waals surface area contributed by atoms with Gasteiger partial charge in [0.15, 0.2) is 0 Å². The van der Waals surface area contributed by atoms with E-state index in [1.807, 2.05) is 30.3 Å². The molecule has 0 saturated carbocycles. The Morgan fingerprint density at radius 3 is 2.29 bits per heavy atom. The molecule has 1 fully saturated rings. The lowest BCUT2D eigenvalue weighted by Crippen LogP contribution is -2.31. The zero-order chi connectivity index (χ0) is 24.3. The van der Waals surface area contributed by atoms with Crippen molar-refractivity contribution in [3.05, 3.63) is 105 Å². The molecule has 34 heavy (non-hydrogen) atoms. The van der Waals surface area contributed by atoms with E-state index in [-0.39, 0.29) is 29.7 Å². The fourth-order valence-corrected chi connectivity index (χ4v) is 5.96. The van der Waals surface area contributed by atoms with E-state index in [1.165, 1.54) is 28.6 Å². The van der Waals surface area contributed by atoms with Gasteiger partial charge in [-0.3, -0.25) is 10.1 Å². The highest BCUT2D eigenvalue weighted by molar-refractivity contribution is 9.10. The van der Waals surface area contributed by atoms with Crippen LogP contribution >= 0.6 is 15.9 Å². The number of nitro benzene ring substituents is 1. The van der Waals surface area contributed by atoms with Crippen LogP contribution in [0.3, 0.4) is 0 Å². The zero-order valence-corrected chi connectivity index (χ0v) is 20.3. The number of rotatable bonds is 7. The Kier molecular flexibility index (Phi) is 7.11. The summed E-state index contributed by atoms with van der Waals surface area (Å²) in [6, 6.07) is 20.5. The molecule has 0 aromatic heterocycles. The molecule has 8 nitrogen and oxygen atoms in total. The molecule has 1 aliphatic heterocycles. The van der Waals surface area contributed by atoms with Crippen LogP contribution in [0.5, 0.6) is 0 Å². The highest BCUT2D eigenvalue weighted by Gasteiger charge is 2.41. The molecule has 0 N–H and O–H groups in total. The van der Waals surface area contributed by atoms with Gasteiger partial charge < -0.3 is 4.74 Å². The number of nitro groups is 1. The van der Waals surface area contributed by atoms with Gasteiger partial charge in [-0.15, -0.1) is 0 Å². The molecular formula is C24H21BrN2O6S. The first kappa shape index (κ1) is 24.1. The minimum absolute atomic E-state index is 0.0217. The van der Waals surface area contributed by atoms with Crippen LogP contribution < -0.4 is 0 Å². The van der Waals surface area contributed by atoms with E-state index in [0.717, 1.165) is 10.0 Å². The highest BCUT2D eigenvalue weighted by Crippen LogP contribution is 2.39. The van der Waals surface area contributed by atoms with Crippen molar-refractivity contribution in [2.24, 2.45) is 5.92 Å². The average molecular weight is 545 g/mol. The Morgan fingerprint density at radius 1 is 1.03 bits per heavy atom. The van der Waals surface area contributed by atoms with Crippen LogP contribution in [0, 0.1) is 16.0 Å². The van der Waals surface area contributed by atoms with Gasteiger partial charge in [-0.25, -0.2) is 13.2 Å². The average Bonchev–Trinajstić information content (AvgIpc) is 3.29. The molecule has 176 valence electrons. The van der Waals surface area contributed by atoms with E-state index in [4.69, 9.17) is 4.74 Å². The molecule has 0 spiro atoms. The van der Waals surface area contributed by atoms with Gasteiger partial charge in [0.05, 0.1) is 28.0 Å². The topological polar surface area (TPSA) is 107 Å². The summed E-state index contributed by atoms with van der Waals surface area (Å²) in [6.07, 6.45) is 0.476. The first-order chi connectivity index (χ1) is 16.3. The Balaban J connectivity index is 1.55. The van der Waals surface area contributed by atoms with Crippen molar-refractivity contribution in [3.8, 4) is 0 Å². The number of benzene rings is 3. The number of sulfonamides is 1. The smallest absolute Gasteiger partial charge is 0.338 e. The maximum absolute atomic E-state index is 13.5. The van der Waals surface area contributed by atoms with Crippen LogP contribution in [-0.4, -0.2) is 36.8 Å². The van der Waals surface area contributed by atoms with Crippen molar-refractivity contribution in [2.75, 3.05) is 13.2 Å². The predicted octanol–water partition coefficient (Wildman–Crippen LogP) is 4.97. The van der Waals surface area contributed by atoms with Crippen molar-refractivity contribution in [2.45, 2.75) is 17.4 Å². The fourth-order valence-electron chi connectivity index (χ4n) is 3.99. The van der Waals surface area contributed by atoms with Crippen LogP contribution in [0.4, 0.5) is 5.69 Å². The lowest BCUT2D eigenvalue weighted by Gasteiger charge is -2.24. The highest BCUT2D eigenvalue weighted by atomic mass is 79.9. The van der Waals surface area contributed by atoms with E-state index < -0.39 is 27.0 Å². The zero-order valence-electron chi connectivity index (χ0n) is 17.9. The van der Waals surface area contributed by atoms with Crippen molar-refractivity contribution in [1.82, 2.24) is 4.31 Å². The van der Waals surface area contributed by atoms with Gasteiger partial charge in [-0.05, 0) is 48.4 Å². The molecule has 3 aromatic rings. The minimum Gasteiger partial charge on any atom is -0.462 e. The van der Waals surface area contributed by atoms with Gasteiger partial charge in [-0.2, -0.15) is 4.31 Å². The summed E-state index contributed by atoms with van der Waals surface area (Å²) in [6.45, 7) is 0.233. The third-order valence-electron chi connectivity index (χ3n) is 5.71. The second-order valence-corrected chi connectivity index (χ2v) is 10.8. The number of hydrogen-bond donors (Lipinski definition) is 0. The Labute approximate surface area is 205 Å². The standard InChI is InChI=1S/C24H21BrN2O6S/c25-20-8-6-19(7-9-20)24(28)33-16-17-14-23(18-4-2-1-3-5-18)26(15-17)34(31,32)22-12-10-21(11-13-22)27(29)30/h1-13,17,23H,14-16H2/t17-,23-/m1/s1.